The maximum atomic E-state index is 6.25. The summed E-state index contributed by atoms with van der Waals surface area (Å²) in [5, 5.41) is 0.539. The van der Waals surface area contributed by atoms with Gasteiger partial charge in [-0.25, -0.2) is 0 Å². The van der Waals surface area contributed by atoms with Gasteiger partial charge in [-0.15, -0.1) is 0 Å². The van der Waals surface area contributed by atoms with Crippen molar-refractivity contribution in [1.82, 2.24) is 0 Å². The van der Waals surface area contributed by atoms with Crippen molar-refractivity contribution < 1.29 is 9.47 Å². The van der Waals surface area contributed by atoms with Gasteiger partial charge in [0, 0.05) is 10.4 Å². The molecule has 4 heteroatoms. The van der Waals surface area contributed by atoms with Crippen molar-refractivity contribution >= 4 is 27.5 Å². The second kappa shape index (κ2) is 7.90. The standard InChI is InChI=1S/C14H20BrClO2/c1-4-5-6-7-11(15)10-8-9-12(17-2)13(16)14(10)18-3/h8-9,11H,4-7H2,1-3H3. The van der Waals surface area contributed by atoms with Crippen LogP contribution in [-0.4, -0.2) is 14.2 Å². The van der Waals surface area contributed by atoms with E-state index in [2.05, 4.69) is 22.9 Å². The van der Waals surface area contributed by atoms with E-state index in [1.165, 1.54) is 19.3 Å². The van der Waals surface area contributed by atoms with Crippen LogP contribution in [-0.2, 0) is 0 Å². The van der Waals surface area contributed by atoms with Gasteiger partial charge in [0.1, 0.15) is 16.5 Å². The molecule has 102 valence electrons. The predicted octanol–water partition coefficient (Wildman–Crippen LogP) is 5.37. The molecule has 0 spiro atoms. The molecule has 0 aromatic heterocycles. The Balaban J connectivity index is 2.90. The fourth-order valence-electron chi connectivity index (χ4n) is 1.89. The highest BCUT2D eigenvalue weighted by Crippen LogP contribution is 2.43. The molecule has 0 radical (unpaired) electrons. The highest BCUT2D eigenvalue weighted by molar-refractivity contribution is 9.09. The first kappa shape index (κ1) is 15.6. The molecule has 0 aliphatic rings. The predicted molar refractivity (Wildman–Crippen MR) is 80.4 cm³/mol. The summed E-state index contributed by atoms with van der Waals surface area (Å²) in [6, 6.07) is 3.89. The largest absolute Gasteiger partial charge is 0.495 e. The number of ether oxygens (including phenoxy) is 2. The van der Waals surface area contributed by atoms with Crippen LogP contribution in [0.2, 0.25) is 5.02 Å². The van der Waals surface area contributed by atoms with E-state index in [4.69, 9.17) is 21.1 Å². The number of rotatable bonds is 7. The zero-order valence-electron chi connectivity index (χ0n) is 11.1. The number of methoxy groups -OCH3 is 2. The van der Waals surface area contributed by atoms with E-state index < -0.39 is 0 Å². The summed E-state index contributed by atoms with van der Waals surface area (Å²) < 4.78 is 10.6. The Morgan fingerprint density at radius 1 is 1.22 bits per heavy atom. The molecule has 1 atom stereocenters. The lowest BCUT2D eigenvalue weighted by Gasteiger charge is -2.17. The molecule has 0 saturated heterocycles. The van der Waals surface area contributed by atoms with Gasteiger partial charge in [0.15, 0.2) is 0 Å². The number of unbranched alkanes of at least 4 members (excludes halogenated alkanes) is 2. The molecule has 1 aromatic rings. The van der Waals surface area contributed by atoms with E-state index in [0.717, 1.165) is 12.0 Å². The Labute approximate surface area is 123 Å². The monoisotopic (exact) mass is 334 g/mol. The fraction of sp³-hybridized carbons (Fsp3) is 0.571. The molecule has 0 N–H and O–H groups in total. The van der Waals surface area contributed by atoms with Gasteiger partial charge in [-0.2, -0.15) is 0 Å². The van der Waals surface area contributed by atoms with Crippen LogP contribution >= 0.6 is 27.5 Å². The van der Waals surface area contributed by atoms with Crippen LogP contribution in [0.4, 0.5) is 0 Å². The molecule has 0 fully saturated rings. The minimum absolute atomic E-state index is 0.266. The van der Waals surface area contributed by atoms with E-state index in [-0.39, 0.29) is 4.83 Å². The van der Waals surface area contributed by atoms with E-state index in [0.29, 0.717) is 16.5 Å². The summed E-state index contributed by atoms with van der Waals surface area (Å²) in [7, 11) is 3.24. The van der Waals surface area contributed by atoms with Crippen molar-refractivity contribution in [3.8, 4) is 11.5 Å². The third kappa shape index (κ3) is 3.79. The van der Waals surface area contributed by atoms with Crippen LogP contribution in [0.5, 0.6) is 11.5 Å². The lowest BCUT2D eigenvalue weighted by Crippen LogP contribution is -1.98. The van der Waals surface area contributed by atoms with Gasteiger partial charge >= 0.3 is 0 Å². The molecule has 0 heterocycles. The highest BCUT2D eigenvalue weighted by atomic mass is 79.9. The molecular weight excluding hydrogens is 316 g/mol. The van der Waals surface area contributed by atoms with Gasteiger partial charge in [-0.3, -0.25) is 0 Å². The van der Waals surface area contributed by atoms with Gasteiger partial charge in [-0.1, -0.05) is 59.8 Å². The summed E-state index contributed by atoms with van der Waals surface area (Å²) in [4.78, 5) is 0.266. The molecule has 0 saturated carbocycles. The number of benzene rings is 1. The van der Waals surface area contributed by atoms with Gasteiger partial charge in [0.25, 0.3) is 0 Å². The maximum absolute atomic E-state index is 6.25. The third-order valence-electron chi connectivity index (χ3n) is 2.91. The molecule has 18 heavy (non-hydrogen) atoms. The van der Waals surface area contributed by atoms with Gasteiger partial charge in [0.05, 0.1) is 14.2 Å². The zero-order chi connectivity index (χ0) is 13.5. The van der Waals surface area contributed by atoms with Crippen molar-refractivity contribution in [1.29, 1.82) is 0 Å². The summed E-state index contributed by atoms with van der Waals surface area (Å²) >= 11 is 9.96. The minimum Gasteiger partial charge on any atom is -0.495 e. The molecule has 0 aliphatic carbocycles. The van der Waals surface area contributed by atoms with Gasteiger partial charge < -0.3 is 9.47 Å². The van der Waals surface area contributed by atoms with Crippen LogP contribution in [0, 0.1) is 0 Å². The molecule has 2 nitrogen and oxygen atoms in total. The third-order valence-corrected chi connectivity index (χ3v) is 4.22. The van der Waals surface area contributed by atoms with E-state index in [9.17, 15) is 0 Å². The zero-order valence-corrected chi connectivity index (χ0v) is 13.5. The Morgan fingerprint density at radius 2 is 1.94 bits per heavy atom. The molecule has 0 bridgehead atoms. The molecule has 1 aromatic carbocycles. The van der Waals surface area contributed by atoms with Crippen LogP contribution in [0.15, 0.2) is 12.1 Å². The SMILES string of the molecule is CCCCCC(Br)c1ccc(OC)c(Cl)c1OC. The minimum atomic E-state index is 0.266. The first-order chi connectivity index (χ1) is 8.65. The molecule has 1 unspecified atom stereocenters. The average molecular weight is 336 g/mol. The average Bonchev–Trinajstić information content (AvgIpc) is 2.38. The Kier molecular flexibility index (Phi) is 6.87. The summed E-state index contributed by atoms with van der Waals surface area (Å²) in [6.45, 7) is 2.20. The second-order valence-corrected chi connectivity index (χ2v) is 5.65. The van der Waals surface area contributed by atoms with Crippen molar-refractivity contribution in [2.75, 3.05) is 14.2 Å². The Morgan fingerprint density at radius 3 is 2.50 bits per heavy atom. The lowest BCUT2D eigenvalue weighted by molar-refractivity contribution is 0.391. The number of hydrogen-bond donors (Lipinski definition) is 0. The van der Waals surface area contributed by atoms with Gasteiger partial charge in [0.2, 0.25) is 0 Å². The summed E-state index contributed by atoms with van der Waals surface area (Å²) in [5.74, 6) is 1.35. The summed E-state index contributed by atoms with van der Waals surface area (Å²) in [5.41, 5.74) is 1.08. The fourth-order valence-corrected chi connectivity index (χ4v) is 2.90. The van der Waals surface area contributed by atoms with Crippen molar-refractivity contribution in [3.63, 3.8) is 0 Å². The summed E-state index contributed by atoms with van der Waals surface area (Å²) in [6.07, 6.45) is 4.74. The molecule has 0 amide bonds. The molecular formula is C14H20BrClO2. The first-order valence-corrected chi connectivity index (χ1v) is 7.49. The van der Waals surface area contributed by atoms with Crippen molar-refractivity contribution in [3.05, 3.63) is 22.7 Å². The van der Waals surface area contributed by atoms with Crippen LogP contribution in [0.25, 0.3) is 0 Å². The van der Waals surface area contributed by atoms with Crippen molar-refractivity contribution in [2.45, 2.75) is 37.4 Å². The molecule has 1 rings (SSSR count). The maximum Gasteiger partial charge on any atom is 0.145 e. The second-order valence-electron chi connectivity index (χ2n) is 4.17. The normalized spacial score (nSPS) is 12.3. The van der Waals surface area contributed by atoms with Crippen molar-refractivity contribution in [2.24, 2.45) is 0 Å². The van der Waals surface area contributed by atoms with E-state index >= 15 is 0 Å². The Bertz CT molecular complexity index is 382. The first-order valence-electron chi connectivity index (χ1n) is 6.20. The highest BCUT2D eigenvalue weighted by Gasteiger charge is 2.18. The van der Waals surface area contributed by atoms with Crippen LogP contribution in [0.3, 0.4) is 0 Å². The van der Waals surface area contributed by atoms with Gasteiger partial charge in [-0.05, 0) is 12.5 Å². The number of hydrogen-bond acceptors (Lipinski definition) is 2. The number of halogens is 2. The lowest BCUT2D eigenvalue weighted by atomic mass is 10.0. The van der Waals surface area contributed by atoms with E-state index in [1.807, 2.05) is 12.1 Å². The smallest absolute Gasteiger partial charge is 0.145 e. The topological polar surface area (TPSA) is 18.5 Å². The Hall–Kier alpha value is -0.410. The van der Waals surface area contributed by atoms with E-state index in [1.54, 1.807) is 14.2 Å². The van der Waals surface area contributed by atoms with Crippen LogP contribution < -0.4 is 9.47 Å². The quantitative estimate of drug-likeness (QED) is 0.492. The van der Waals surface area contributed by atoms with Crippen LogP contribution in [0.1, 0.15) is 43.0 Å². The molecule has 0 aliphatic heterocycles. The number of alkyl halides is 1.